The highest BCUT2D eigenvalue weighted by atomic mass is 32.2. The highest BCUT2D eigenvalue weighted by molar-refractivity contribution is 8.14. The van der Waals surface area contributed by atoms with Crippen LogP contribution in [0.4, 0.5) is 0 Å². The number of aliphatic hydroxyl groups is 1. The van der Waals surface area contributed by atoms with Crippen molar-refractivity contribution < 1.29 is 5.11 Å². The average Bonchev–Trinajstić information content (AvgIpc) is 2.91. The SMILES string of the molecule is CCN1C(=NCc2ccccn2)SC[C@@]1(O)c1ccc(C)cc1. The van der Waals surface area contributed by atoms with E-state index in [1.54, 1.807) is 18.0 Å². The molecule has 5 heteroatoms. The van der Waals surface area contributed by atoms with Crippen LogP contribution in [0.5, 0.6) is 0 Å². The maximum absolute atomic E-state index is 11.2. The van der Waals surface area contributed by atoms with E-state index in [9.17, 15) is 5.11 Å². The molecule has 2 heterocycles. The van der Waals surface area contributed by atoms with Crippen LogP contribution in [0.2, 0.25) is 0 Å². The molecule has 1 aromatic heterocycles. The molecule has 0 bridgehead atoms. The predicted octanol–water partition coefficient (Wildman–Crippen LogP) is 3.16. The fourth-order valence-corrected chi connectivity index (χ4v) is 3.95. The smallest absolute Gasteiger partial charge is 0.175 e. The Bertz CT molecular complexity index is 687. The van der Waals surface area contributed by atoms with Gasteiger partial charge in [0.05, 0.1) is 18.0 Å². The van der Waals surface area contributed by atoms with Crippen molar-refractivity contribution in [2.24, 2.45) is 4.99 Å². The third kappa shape index (κ3) is 3.26. The number of hydrogen-bond acceptors (Lipinski definition) is 4. The van der Waals surface area contributed by atoms with Gasteiger partial charge in [0.2, 0.25) is 0 Å². The van der Waals surface area contributed by atoms with Crippen molar-refractivity contribution in [1.82, 2.24) is 9.88 Å². The molecule has 0 spiro atoms. The fraction of sp³-hybridized carbons (Fsp3) is 0.333. The minimum Gasteiger partial charge on any atom is -0.366 e. The topological polar surface area (TPSA) is 48.7 Å². The molecule has 1 N–H and O–H groups in total. The Morgan fingerprint density at radius 3 is 2.70 bits per heavy atom. The third-order valence-corrected chi connectivity index (χ3v) is 5.17. The molecule has 4 nitrogen and oxygen atoms in total. The van der Waals surface area contributed by atoms with E-state index in [0.29, 0.717) is 18.8 Å². The summed E-state index contributed by atoms with van der Waals surface area (Å²) in [6.07, 6.45) is 1.78. The number of rotatable bonds is 4. The molecule has 1 aliphatic heterocycles. The zero-order valence-corrected chi connectivity index (χ0v) is 14.3. The van der Waals surface area contributed by atoms with E-state index in [1.807, 2.05) is 54.3 Å². The molecule has 2 aromatic rings. The second-order valence-corrected chi connectivity index (χ2v) is 6.58. The number of nitrogens with zero attached hydrogens (tertiary/aromatic N) is 3. The molecule has 1 atom stereocenters. The van der Waals surface area contributed by atoms with Crippen LogP contribution in [0.1, 0.15) is 23.7 Å². The van der Waals surface area contributed by atoms with Gasteiger partial charge in [-0.1, -0.05) is 47.7 Å². The summed E-state index contributed by atoms with van der Waals surface area (Å²) in [5, 5.41) is 12.1. The van der Waals surface area contributed by atoms with E-state index in [2.05, 4.69) is 16.9 Å². The van der Waals surface area contributed by atoms with Crippen LogP contribution < -0.4 is 0 Å². The maximum Gasteiger partial charge on any atom is 0.175 e. The number of thioether (sulfide) groups is 1. The van der Waals surface area contributed by atoms with Gasteiger partial charge in [-0.05, 0) is 26.0 Å². The van der Waals surface area contributed by atoms with Crippen LogP contribution in [0, 0.1) is 6.92 Å². The van der Waals surface area contributed by atoms with Gasteiger partial charge in [-0.3, -0.25) is 9.98 Å². The quantitative estimate of drug-likeness (QED) is 0.937. The number of benzene rings is 1. The van der Waals surface area contributed by atoms with Crippen LogP contribution in [-0.2, 0) is 12.3 Å². The Morgan fingerprint density at radius 1 is 1.26 bits per heavy atom. The van der Waals surface area contributed by atoms with Gasteiger partial charge < -0.3 is 10.0 Å². The molecule has 1 saturated heterocycles. The number of hydrogen-bond donors (Lipinski definition) is 1. The predicted molar refractivity (Wildman–Crippen MR) is 95.3 cm³/mol. The summed E-state index contributed by atoms with van der Waals surface area (Å²) >= 11 is 1.60. The second kappa shape index (κ2) is 6.72. The lowest BCUT2D eigenvalue weighted by atomic mass is 10.0. The summed E-state index contributed by atoms with van der Waals surface area (Å²) in [7, 11) is 0. The van der Waals surface area contributed by atoms with E-state index in [0.717, 1.165) is 16.4 Å². The Hall–Kier alpha value is -1.85. The maximum atomic E-state index is 11.2. The molecule has 1 fully saturated rings. The molecule has 0 aliphatic carbocycles. The normalized spacial score (nSPS) is 22.7. The Labute approximate surface area is 141 Å². The summed E-state index contributed by atoms with van der Waals surface area (Å²) in [5.74, 6) is 0.588. The average molecular weight is 327 g/mol. The van der Waals surface area contributed by atoms with Crippen molar-refractivity contribution in [2.75, 3.05) is 12.3 Å². The van der Waals surface area contributed by atoms with Crippen LogP contribution in [0.3, 0.4) is 0 Å². The lowest BCUT2D eigenvalue weighted by Gasteiger charge is -2.33. The summed E-state index contributed by atoms with van der Waals surface area (Å²) < 4.78 is 0. The molecular formula is C18H21N3OS. The molecule has 1 aliphatic rings. The van der Waals surface area contributed by atoms with E-state index >= 15 is 0 Å². The van der Waals surface area contributed by atoms with Gasteiger partial charge in [0.25, 0.3) is 0 Å². The number of aliphatic imine (C=N–C) groups is 1. The minimum atomic E-state index is -0.990. The third-order valence-electron chi connectivity index (χ3n) is 4.01. The van der Waals surface area contributed by atoms with E-state index in [4.69, 9.17) is 0 Å². The number of amidine groups is 1. The van der Waals surface area contributed by atoms with Crippen LogP contribution in [0.15, 0.2) is 53.7 Å². The van der Waals surface area contributed by atoms with Gasteiger partial charge in [0.15, 0.2) is 10.9 Å². The van der Waals surface area contributed by atoms with Crippen LogP contribution >= 0.6 is 11.8 Å². The Kier molecular flexibility index (Phi) is 4.68. The van der Waals surface area contributed by atoms with Crippen molar-refractivity contribution in [1.29, 1.82) is 0 Å². The first-order chi connectivity index (χ1) is 11.1. The number of aromatic nitrogens is 1. The second-order valence-electron chi connectivity index (χ2n) is 5.64. The van der Waals surface area contributed by atoms with Gasteiger partial charge in [-0.15, -0.1) is 0 Å². The molecule has 0 unspecified atom stereocenters. The molecule has 0 amide bonds. The van der Waals surface area contributed by atoms with Crippen LogP contribution in [-0.4, -0.2) is 32.5 Å². The first-order valence-electron chi connectivity index (χ1n) is 7.78. The molecule has 23 heavy (non-hydrogen) atoms. The minimum absolute atomic E-state index is 0.531. The van der Waals surface area contributed by atoms with Gasteiger partial charge in [-0.25, -0.2) is 0 Å². The largest absolute Gasteiger partial charge is 0.366 e. The first kappa shape index (κ1) is 16.0. The molecule has 1 aromatic carbocycles. The lowest BCUT2D eigenvalue weighted by molar-refractivity contribution is -0.0453. The van der Waals surface area contributed by atoms with E-state index in [-0.39, 0.29) is 0 Å². The van der Waals surface area contributed by atoms with Gasteiger partial charge in [0, 0.05) is 18.3 Å². The molecule has 0 radical (unpaired) electrons. The molecule has 0 saturated carbocycles. The molecule has 3 rings (SSSR count). The van der Waals surface area contributed by atoms with Gasteiger partial charge >= 0.3 is 0 Å². The molecule has 120 valence electrons. The number of pyridine rings is 1. The van der Waals surface area contributed by atoms with Gasteiger partial charge in [-0.2, -0.15) is 0 Å². The van der Waals surface area contributed by atoms with Crippen molar-refractivity contribution >= 4 is 16.9 Å². The zero-order chi connectivity index (χ0) is 16.3. The highest BCUT2D eigenvalue weighted by Gasteiger charge is 2.43. The monoisotopic (exact) mass is 327 g/mol. The van der Waals surface area contributed by atoms with Crippen molar-refractivity contribution in [2.45, 2.75) is 26.1 Å². The van der Waals surface area contributed by atoms with Crippen molar-refractivity contribution in [3.05, 3.63) is 65.5 Å². The fourth-order valence-electron chi connectivity index (χ4n) is 2.71. The Balaban J connectivity index is 1.83. The molecular weight excluding hydrogens is 306 g/mol. The standard InChI is InChI=1S/C18H21N3OS/c1-3-21-17(20-12-16-6-4-5-11-19-16)23-13-18(21,22)15-9-7-14(2)8-10-15/h4-11,22H,3,12-13H2,1-2H3/t18-/m1/s1. The van der Waals surface area contributed by atoms with Crippen LogP contribution in [0.25, 0.3) is 0 Å². The highest BCUT2D eigenvalue weighted by Crippen LogP contribution is 2.38. The Morgan fingerprint density at radius 2 is 2.04 bits per heavy atom. The summed E-state index contributed by atoms with van der Waals surface area (Å²) in [6.45, 7) is 5.33. The van der Waals surface area contributed by atoms with E-state index in [1.165, 1.54) is 5.56 Å². The summed E-state index contributed by atoms with van der Waals surface area (Å²) in [4.78, 5) is 10.9. The number of aryl methyl sites for hydroxylation is 1. The first-order valence-corrected chi connectivity index (χ1v) is 8.76. The lowest BCUT2D eigenvalue weighted by Crippen LogP contribution is -2.44. The summed E-state index contributed by atoms with van der Waals surface area (Å²) in [6, 6.07) is 13.9. The van der Waals surface area contributed by atoms with Crippen molar-refractivity contribution in [3.63, 3.8) is 0 Å². The zero-order valence-electron chi connectivity index (χ0n) is 13.4. The summed E-state index contributed by atoms with van der Waals surface area (Å²) in [5.41, 5.74) is 2.05. The van der Waals surface area contributed by atoms with Crippen molar-refractivity contribution in [3.8, 4) is 0 Å². The van der Waals surface area contributed by atoms with E-state index < -0.39 is 5.72 Å². The van der Waals surface area contributed by atoms with Gasteiger partial charge in [0.1, 0.15) is 0 Å².